The van der Waals surface area contributed by atoms with Gasteiger partial charge in [-0.1, -0.05) is 28.1 Å². The first kappa shape index (κ1) is 11.2. The Hall–Kier alpha value is -0.830. The van der Waals surface area contributed by atoms with Crippen LogP contribution in [0.25, 0.3) is 0 Å². The van der Waals surface area contributed by atoms with Crippen LogP contribution in [0.3, 0.4) is 0 Å². The molecule has 2 N–H and O–H groups in total. The van der Waals surface area contributed by atoms with Gasteiger partial charge in [-0.15, -0.1) is 0 Å². The normalized spacial score (nSPS) is 10.1. The molecule has 0 heterocycles. The molecule has 2 nitrogen and oxygen atoms in total. The maximum atomic E-state index is 10.5. The number of nitrogens with two attached hydrogens (primary N) is 1. The Balaban J connectivity index is 2.28. The Morgan fingerprint density at radius 2 is 2.29 bits per heavy atom. The number of amides is 1. The number of primary amides is 1. The van der Waals surface area contributed by atoms with E-state index >= 15 is 0 Å². The van der Waals surface area contributed by atoms with Gasteiger partial charge in [-0.3, -0.25) is 4.79 Å². The van der Waals surface area contributed by atoms with Gasteiger partial charge in [0, 0.05) is 10.9 Å². The fourth-order valence-electron chi connectivity index (χ4n) is 1.18. The second kappa shape index (κ2) is 5.81. The van der Waals surface area contributed by atoms with Crippen LogP contribution in [0.1, 0.15) is 24.8 Å². The summed E-state index contributed by atoms with van der Waals surface area (Å²) >= 11 is 3.40. The third-order valence-corrected chi connectivity index (χ3v) is 2.35. The number of halogens is 1. The van der Waals surface area contributed by atoms with Gasteiger partial charge in [0.25, 0.3) is 0 Å². The average Bonchev–Trinajstić information content (AvgIpc) is 2.12. The minimum Gasteiger partial charge on any atom is -0.370 e. The smallest absolute Gasteiger partial charge is 0.217 e. The second-order valence-electron chi connectivity index (χ2n) is 3.12. The van der Waals surface area contributed by atoms with Gasteiger partial charge in [0.05, 0.1) is 0 Å². The molecule has 1 amide bonds. The molecule has 75 valence electrons. The molecule has 1 aromatic carbocycles. The van der Waals surface area contributed by atoms with E-state index in [0.29, 0.717) is 6.42 Å². The minimum atomic E-state index is -0.229. The molecule has 0 saturated carbocycles. The summed E-state index contributed by atoms with van der Waals surface area (Å²) in [4.78, 5) is 10.5. The molecule has 14 heavy (non-hydrogen) atoms. The fourth-order valence-corrected chi connectivity index (χ4v) is 1.60. The SMILES string of the molecule is NC(=O)CCC[CH]c1cccc(Br)c1. The van der Waals surface area contributed by atoms with Crippen LogP contribution in [0.5, 0.6) is 0 Å². The fraction of sp³-hybridized carbons (Fsp3) is 0.273. The van der Waals surface area contributed by atoms with Gasteiger partial charge in [-0.05, 0) is 37.0 Å². The monoisotopic (exact) mass is 254 g/mol. The quantitative estimate of drug-likeness (QED) is 0.807. The highest BCUT2D eigenvalue weighted by Gasteiger charge is 1.97. The molecule has 1 aromatic rings. The van der Waals surface area contributed by atoms with E-state index in [1.54, 1.807) is 0 Å². The largest absolute Gasteiger partial charge is 0.370 e. The van der Waals surface area contributed by atoms with E-state index in [0.717, 1.165) is 17.3 Å². The van der Waals surface area contributed by atoms with Crippen molar-refractivity contribution in [3.63, 3.8) is 0 Å². The number of hydrogen-bond acceptors (Lipinski definition) is 1. The van der Waals surface area contributed by atoms with Gasteiger partial charge in [-0.2, -0.15) is 0 Å². The first-order valence-electron chi connectivity index (χ1n) is 4.55. The summed E-state index contributed by atoms with van der Waals surface area (Å²) in [5.41, 5.74) is 6.21. The summed E-state index contributed by atoms with van der Waals surface area (Å²) in [5, 5.41) is 0. The first-order valence-corrected chi connectivity index (χ1v) is 5.35. The Morgan fingerprint density at radius 1 is 1.50 bits per heavy atom. The molecular formula is C11H13BrNO. The minimum absolute atomic E-state index is 0.229. The molecule has 0 fully saturated rings. The molecular weight excluding hydrogens is 242 g/mol. The maximum Gasteiger partial charge on any atom is 0.217 e. The zero-order chi connectivity index (χ0) is 10.4. The van der Waals surface area contributed by atoms with Crippen LogP contribution in [0.2, 0.25) is 0 Å². The van der Waals surface area contributed by atoms with Gasteiger partial charge in [0.2, 0.25) is 5.91 Å². The average molecular weight is 255 g/mol. The third-order valence-electron chi connectivity index (χ3n) is 1.86. The van der Waals surface area contributed by atoms with Gasteiger partial charge in [0.15, 0.2) is 0 Å². The summed E-state index contributed by atoms with van der Waals surface area (Å²) in [5.74, 6) is -0.229. The Bertz CT molecular complexity index is 312. The summed E-state index contributed by atoms with van der Waals surface area (Å²) < 4.78 is 1.07. The van der Waals surface area contributed by atoms with Crippen molar-refractivity contribution in [3.05, 3.63) is 40.7 Å². The molecule has 0 aromatic heterocycles. The van der Waals surface area contributed by atoms with Gasteiger partial charge >= 0.3 is 0 Å². The summed E-state index contributed by atoms with van der Waals surface area (Å²) in [7, 11) is 0. The summed E-state index contributed by atoms with van der Waals surface area (Å²) in [6, 6.07) is 8.06. The van der Waals surface area contributed by atoms with E-state index < -0.39 is 0 Å². The number of unbranched alkanes of at least 4 members (excludes halogenated alkanes) is 1. The van der Waals surface area contributed by atoms with E-state index in [2.05, 4.69) is 22.4 Å². The van der Waals surface area contributed by atoms with Crippen molar-refractivity contribution < 1.29 is 4.79 Å². The standard InChI is InChI=1S/C11H13BrNO/c12-10-6-3-5-9(8-10)4-1-2-7-11(13)14/h3-6,8H,1-2,7H2,(H2,13,14). The molecule has 0 aliphatic heterocycles. The molecule has 1 radical (unpaired) electrons. The highest BCUT2D eigenvalue weighted by Crippen LogP contribution is 2.15. The van der Waals surface area contributed by atoms with Crippen molar-refractivity contribution in [2.45, 2.75) is 19.3 Å². The van der Waals surface area contributed by atoms with Crippen LogP contribution in [0, 0.1) is 6.42 Å². The van der Waals surface area contributed by atoms with Crippen LogP contribution in [0.15, 0.2) is 28.7 Å². The maximum absolute atomic E-state index is 10.5. The van der Waals surface area contributed by atoms with Crippen molar-refractivity contribution in [1.82, 2.24) is 0 Å². The highest BCUT2D eigenvalue weighted by atomic mass is 79.9. The van der Waals surface area contributed by atoms with E-state index in [1.807, 2.05) is 24.3 Å². The number of benzene rings is 1. The predicted octanol–water partition coefficient (Wildman–Crippen LogP) is 2.66. The zero-order valence-corrected chi connectivity index (χ0v) is 9.46. The second-order valence-corrected chi connectivity index (χ2v) is 4.03. The molecule has 0 aliphatic carbocycles. The van der Waals surface area contributed by atoms with Gasteiger partial charge in [0.1, 0.15) is 0 Å². The number of carbonyl (C=O) groups is 1. The van der Waals surface area contributed by atoms with Crippen molar-refractivity contribution in [2.75, 3.05) is 0 Å². The lowest BCUT2D eigenvalue weighted by molar-refractivity contribution is -0.118. The molecule has 0 unspecified atom stereocenters. The molecule has 0 saturated heterocycles. The third kappa shape index (κ3) is 4.42. The molecule has 0 bridgehead atoms. The molecule has 0 spiro atoms. The number of hydrogen-bond donors (Lipinski definition) is 1. The van der Waals surface area contributed by atoms with Crippen LogP contribution < -0.4 is 5.73 Å². The van der Waals surface area contributed by atoms with Crippen molar-refractivity contribution in [2.24, 2.45) is 5.73 Å². The number of rotatable bonds is 5. The van der Waals surface area contributed by atoms with Crippen molar-refractivity contribution >= 4 is 21.8 Å². The summed E-state index contributed by atoms with van der Waals surface area (Å²) in [6.45, 7) is 0. The van der Waals surface area contributed by atoms with E-state index in [4.69, 9.17) is 5.73 Å². The Morgan fingerprint density at radius 3 is 2.93 bits per heavy atom. The van der Waals surface area contributed by atoms with E-state index in [-0.39, 0.29) is 5.91 Å². The molecule has 0 aliphatic rings. The lowest BCUT2D eigenvalue weighted by atomic mass is 10.1. The van der Waals surface area contributed by atoms with Crippen LogP contribution in [-0.2, 0) is 4.79 Å². The lowest BCUT2D eigenvalue weighted by Gasteiger charge is -2.00. The van der Waals surface area contributed by atoms with E-state index in [1.165, 1.54) is 5.56 Å². The zero-order valence-electron chi connectivity index (χ0n) is 7.87. The van der Waals surface area contributed by atoms with Crippen LogP contribution in [-0.4, -0.2) is 5.91 Å². The Kier molecular flexibility index (Phi) is 4.66. The number of carbonyl (C=O) groups excluding carboxylic acids is 1. The van der Waals surface area contributed by atoms with Gasteiger partial charge in [-0.25, -0.2) is 0 Å². The van der Waals surface area contributed by atoms with Crippen molar-refractivity contribution in [3.8, 4) is 0 Å². The highest BCUT2D eigenvalue weighted by molar-refractivity contribution is 9.10. The predicted molar refractivity (Wildman–Crippen MR) is 60.6 cm³/mol. The van der Waals surface area contributed by atoms with Gasteiger partial charge < -0.3 is 5.73 Å². The topological polar surface area (TPSA) is 43.1 Å². The molecule has 1 rings (SSSR count). The van der Waals surface area contributed by atoms with Crippen LogP contribution >= 0.6 is 15.9 Å². The van der Waals surface area contributed by atoms with Crippen molar-refractivity contribution in [1.29, 1.82) is 0 Å². The lowest BCUT2D eigenvalue weighted by Crippen LogP contribution is -2.09. The van der Waals surface area contributed by atoms with E-state index in [9.17, 15) is 4.79 Å². The van der Waals surface area contributed by atoms with Crippen LogP contribution in [0.4, 0.5) is 0 Å². The first-order chi connectivity index (χ1) is 6.68. The molecule has 3 heteroatoms. The molecule has 0 atom stereocenters. The summed E-state index contributed by atoms with van der Waals surface area (Å²) in [6.07, 6.45) is 4.28. The Labute approximate surface area is 92.6 Å².